The maximum Gasteiger partial charge on any atom is 0.0368 e. The monoisotopic (exact) mass is 219 g/mol. The van der Waals surface area contributed by atoms with E-state index in [0.29, 0.717) is 6.04 Å². The SMILES string of the molecule is CN(C)[C@H]1CCCN(c2ccc(N)cc2)C1. The number of nitrogens with two attached hydrogens (primary N) is 1. The van der Waals surface area contributed by atoms with Gasteiger partial charge in [0.05, 0.1) is 0 Å². The minimum Gasteiger partial charge on any atom is -0.399 e. The lowest BCUT2D eigenvalue weighted by atomic mass is 10.0. The van der Waals surface area contributed by atoms with Crippen molar-refractivity contribution in [3.8, 4) is 0 Å². The Labute approximate surface area is 97.8 Å². The normalized spacial score (nSPS) is 21.4. The number of nitrogens with zero attached hydrogens (tertiary/aromatic N) is 2. The summed E-state index contributed by atoms with van der Waals surface area (Å²) in [5.74, 6) is 0. The topological polar surface area (TPSA) is 32.5 Å². The number of piperidine rings is 1. The molecule has 0 aliphatic carbocycles. The zero-order valence-corrected chi connectivity index (χ0v) is 10.2. The molecule has 1 saturated heterocycles. The molecule has 2 rings (SSSR count). The number of anilines is 2. The van der Waals surface area contributed by atoms with Crippen molar-refractivity contribution in [3.05, 3.63) is 24.3 Å². The number of benzene rings is 1. The molecular formula is C13H21N3. The van der Waals surface area contributed by atoms with Gasteiger partial charge in [-0.3, -0.25) is 0 Å². The van der Waals surface area contributed by atoms with Crippen LogP contribution in [0, 0.1) is 0 Å². The highest BCUT2D eigenvalue weighted by molar-refractivity contribution is 5.53. The molecule has 88 valence electrons. The highest BCUT2D eigenvalue weighted by atomic mass is 15.2. The van der Waals surface area contributed by atoms with E-state index >= 15 is 0 Å². The molecular weight excluding hydrogens is 198 g/mol. The molecule has 1 aromatic carbocycles. The predicted octanol–water partition coefficient (Wildman–Crippen LogP) is 1.80. The van der Waals surface area contributed by atoms with Gasteiger partial charge in [-0.05, 0) is 51.2 Å². The van der Waals surface area contributed by atoms with E-state index in [1.54, 1.807) is 0 Å². The number of hydrogen-bond acceptors (Lipinski definition) is 3. The van der Waals surface area contributed by atoms with Gasteiger partial charge in [0, 0.05) is 30.5 Å². The number of likely N-dealkylation sites (N-methyl/N-ethyl adjacent to an activating group) is 1. The average molecular weight is 219 g/mol. The minimum atomic E-state index is 0.673. The molecule has 1 aliphatic rings. The summed E-state index contributed by atoms with van der Waals surface area (Å²) >= 11 is 0. The van der Waals surface area contributed by atoms with Crippen LogP contribution in [-0.2, 0) is 0 Å². The lowest BCUT2D eigenvalue weighted by Crippen LogP contribution is -2.45. The maximum absolute atomic E-state index is 5.70. The van der Waals surface area contributed by atoms with Gasteiger partial charge in [0.2, 0.25) is 0 Å². The van der Waals surface area contributed by atoms with E-state index in [1.165, 1.54) is 18.5 Å². The van der Waals surface area contributed by atoms with Crippen molar-refractivity contribution < 1.29 is 0 Å². The van der Waals surface area contributed by atoms with E-state index in [4.69, 9.17) is 5.73 Å². The summed E-state index contributed by atoms with van der Waals surface area (Å²) in [6.45, 7) is 2.28. The lowest BCUT2D eigenvalue weighted by molar-refractivity contribution is 0.258. The summed E-state index contributed by atoms with van der Waals surface area (Å²) in [4.78, 5) is 4.77. The first-order chi connectivity index (χ1) is 7.66. The molecule has 1 heterocycles. The Hall–Kier alpha value is -1.22. The molecule has 0 radical (unpaired) electrons. The van der Waals surface area contributed by atoms with Crippen LogP contribution in [0.2, 0.25) is 0 Å². The van der Waals surface area contributed by atoms with Crippen LogP contribution in [0.5, 0.6) is 0 Å². The zero-order chi connectivity index (χ0) is 11.5. The first-order valence-electron chi connectivity index (χ1n) is 5.94. The minimum absolute atomic E-state index is 0.673. The van der Waals surface area contributed by atoms with Crippen LogP contribution in [0.4, 0.5) is 11.4 Å². The molecule has 0 aromatic heterocycles. The summed E-state index contributed by atoms with van der Waals surface area (Å²) in [5.41, 5.74) is 7.84. The van der Waals surface area contributed by atoms with Gasteiger partial charge in [-0.15, -0.1) is 0 Å². The Kier molecular flexibility index (Phi) is 3.34. The van der Waals surface area contributed by atoms with Gasteiger partial charge in [0.1, 0.15) is 0 Å². The quantitative estimate of drug-likeness (QED) is 0.770. The summed E-state index contributed by atoms with van der Waals surface area (Å²) in [5, 5.41) is 0. The van der Waals surface area contributed by atoms with Crippen LogP contribution >= 0.6 is 0 Å². The number of nitrogen functional groups attached to an aromatic ring is 1. The van der Waals surface area contributed by atoms with Crippen LogP contribution in [0.3, 0.4) is 0 Å². The Morgan fingerprint density at radius 2 is 1.94 bits per heavy atom. The van der Waals surface area contributed by atoms with Crippen LogP contribution in [0.15, 0.2) is 24.3 Å². The van der Waals surface area contributed by atoms with Gasteiger partial charge in [-0.2, -0.15) is 0 Å². The Balaban J connectivity index is 2.06. The van der Waals surface area contributed by atoms with Gasteiger partial charge >= 0.3 is 0 Å². The van der Waals surface area contributed by atoms with Gasteiger partial charge in [0.15, 0.2) is 0 Å². The Bertz CT molecular complexity index is 332. The third-order valence-corrected chi connectivity index (χ3v) is 3.39. The zero-order valence-electron chi connectivity index (χ0n) is 10.2. The Morgan fingerprint density at radius 3 is 2.56 bits per heavy atom. The number of hydrogen-bond donors (Lipinski definition) is 1. The van der Waals surface area contributed by atoms with Crippen molar-refractivity contribution in [1.82, 2.24) is 4.90 Å². The molecule has 1 aliphatic heterocycles. The number of rotatable bonds is 2. The lowest BCUT2D eigenvalue weighted by Gasteiger charge is -2.37. The molecule has 1 fully saturated rings. The van der Waals surface area contributed by atoms with Crippen LogP contribution in [0.25, 0.3) is 0 Å². The third kappa shape index (κ3) is 2.47. The van der Waals surface area contributed by atoms with Crippen molar-refractivity contribution in [1.29, 1.82) is 0 Å². The first kappa shape index (κ1) is 11.3. The van der Waals surface area contributed by atoms with E-state index in [2.05, 4.69) is 36.0 Å². The molecule has 0 saturated carbocycles. The van der Waals surface area contributed by atoms with Crippen molar-refractivity contribution >= 4 is 11.4 Å². The molecule has 0 bridgehead atoms. The fourth-order valence-electron chi connectivity index (χ4n) is 2.30. The van der Waals surface area contributed by atoms with E-state index in [0.717, 1.165) is 18.8 Å². The molecule has 0 spiro atoms. The summed E-state index contributed by atoms with van der Waals surface area (Å²) in [6.07, 6.45) is 2.58. The highest BCUT2D eigenvalue weighted by Gasteiger charge is 2.21. The summed E-state index contributed by atoms with van der Waals surface area (Å²) in [7, 11) is 4.33. The highest BCUT2D eigenvalue weighted by Crippen LogP contribution is 2.22. The largest absolute Gasteiger partial charge is 0.399 e. The second-order valence-corrected chi connectivity index (χ2v) is 4.80. The van der Waals surface area contributed by atoms with Crippen LogP contribution in [-0.4, -0.2) is 38.1 Å². The first-order valence-corrected chi connectivity index (χ1v) is 5.94. The van der Waals surface area contributed by atoms with E-state index in [1.807, 2.05) is 12.1 Å². The fourth-order valence-corrected chi connectivity index (χ4v) is 2.30. The molecule has 2 N–H and O–H groups in total. The second kappa shape index (κ2) is 4.74. The maximum atomic E-state index is 5.70. The van der Waals surface area contributed by atoms with Crippen molar-refractivity contribution in [3.63, 3.8) is 0 Å². The third-order valence-electron chi connectivity index (χ3n) is 3.39. The summed E-state index contributed by atoms with van der Waals surface area (Å²) in [6, 6.07) is 8.87. The molecule has 3 heteroatoms. The van der Waals surface area contributed by atoms with Gasteiger partial charge in [-0.25, -0.2) is 0 Å². The molecule has 1 atom stereocenters. The fraction of sp³-hybridized carbons (Fsp3) is 0.538. The smallest absolute Gasteiger partial charge is 0.0368 e. The second-order valence-electron chi connectivity index (χ2n) is 4.80. The van der Waals surface area contributed by atoms with E-state index in [9.17, 15) is 0 Å². The molecule has 0 unspecified atom stereocenters. The van der Waals surface area contributed by atoms with E-state index in [-0.39, 0.29) is 0 Å². The van der Waals surface area contributed by atoms with Crippen molar-refractivity contribution in [2.45, 2.75) is 18.9 Å². The van der Waals surface area contributed by atoms with Crippen molar-refractivity contribution in [2.75, 3.05) is 37.8 Å². The van der Waals surface area contributed by atoms with Crippen LogP contribution < -0.4 is 10.6 Å². The van der Waals surface area contributed by atoms with E-state index < -0.39 is 0 Å². The predicted molar refractivity (Wildman–Crippen MR) is 69.8 cm³/mol. The molecule has 3 nitrogen and oxygen atoms in total. The van der Waals surface area contributed by atoms with Gasteiger partial charge < -0.3 is 15.5 Å². The summed E-state index contributed by atoms with van der Waals surface area (Å²) < 4.78 is 0. The van der Waals surface area contributed by atoms with Gasteiger partial charge in [-0.1, -0.05) is 0 Å². The standard InChI is InChI=1S/C13H21N3/c1-15(2)13-4-3-9-16(10-13)12-7-5-11(14)6-8-12/h5-8,13H,3-4,9-10,14H2,1-2H3/t13-/m0/s1. The van der Waals surface area contributed by atoms with Crippen LogP contribution in [0.1, 0.15) is 12.8 Å². The molecule has 16 heavy (non-hydrogen) atoms. The molecule has 1 aromatic rings. The average Bonchev–Trinajstić information content (AvgIpc) is 2.30. The van der Waals surface area contributed by atoms with Crippen molar-refractivity contribution in [2.24, 2.45) is 0 Å². The Morgan fingerprint density at radius 1 is 1.25 bits per heavy atom. The molecule has 0 amide bonds. The van der Waals surface area contributed by atoms with Gasteiger partial charge in [0.25, 0.3) is 0 Å².